The van der Waals surface area contributed by atoms with E-state index in [1.54, 1.807) is 6.07 Å². The van der Waals surface area contributed by atoms with Crippen LogP contribution in [0.25, 0.3) is 0 Å². The van der Waals surface area contributed by atoms with Crippen LogP contribution in [0.3, 0.4) is 0 Å². The molecule has 0 unspecified atom stereocenters. The molecule has 13 heavy (non-hydrogen) atoms. The quantitative estimate of drug-likeness (QED) is 0.591. The molecule has 0 amide bonds. The zero-order valence-electron chi connectivity index (χ0n) is 6.85. The Labute approximate surface area is 84.7 Å². The van der Waals surface area contributed by atoms with E-state index in [9.17, 15) is 4.39 Å². The first-order valence-corrected chi connectivity index (χ1v) is 4.83. The lowest BCUT2D eigenvalue weighted by Crippen LogP contribution is -1.87. The number of aliphatic hydroxyl groups is 1. The minimum absolute atomic E-state index is 0.166. The van der Waals surface area contributed by atoms with Crippen LogP contribution in [-0.4, -0.2) is 10.4 Å². The van der Waals surface area contributed by atoms with Gasteiger partial charge in [-0.1, -0.05) is 27.8 Å². The molecule has 0 aliphatic carbocycles. The summed E-state index contributed by atoms with van der Waals surface area (Å²) >= 11 is 3.14. The van der Waals surface area contributed by atoms with Gasteiger partial charge in [0.1, 0.15) is 5.82 Å². The molecule has 1 aromatic carbocycles. The van der Waals surface area contributed by atoms with Crippen LogP contribution < -0.4 is 0 Å². The Morgan fingerprint density at radius 1 is 1.38 bits per heavy atom. The van der Waals surface area contributed by atoms with Gasteiger partial charge in [-0.25, -0.2) is 4.39 Å². The zero-order valence-corrected chi connectivity index (χ0v) is 8.44. The highest BCUT2D eigenvalue weighted by Gasteiger charge is 1.97. The maximum Gasteiger partial charge on any atom is 0.124 e. The van der Waals surface area contributed by atoms with E-state index in [2.05, 4.69) is 27.8 Å². The van der Waals surface area contributed by atoms with Gasteiger partial charge < -0.3 is 5.11 Å². The van der Waals surface area contributed by atoms with Crippen LogP contribution >= 0.6 is 15.9 Å². The summed E-state index contributed by atoms with van der Waals surface area (Å²) in [7, 11) is 0. The molecule has 0 radical (unpaired) electrons. The second-order valence-corrected chi connectivity index (χ2v) is 3.00. The van der Waals surface area contributed by atoms with Crippen LogP contribution in [-0.2, 0) is 6.61 Å². The van der Waals surface area contributed by atoms with Crippen LogP contribution in [0.2, 0.25) is 0 Å². The summed E-state index contributed by atoms with van der Waals surface area (Å²) in [6.07, 6.45) is 0. The molecule has 0 atom stereocenters. The topological polar surface area (TPSA) is 20.2 Å². The molecule has 0 bridgehead atoms. The fourth-order valence-electron chi connectivity index (χ4n) is 0.949. The van der Waals surface area contributed by atoms with E-state index in [0.717, 1.165) is 0 Å². The molecule has 1 aromatic rings. The highest BCUT2D eigenvalue weighted by Crippen LogP contribution is 2.08. The Balaban J connectivity index is 3.01. The van der Waals surface area contributed by atoms with E-state index in [4.69, 9.17) is 5.11 Å². The van der Waals surface area contributed by atoms with E-state index in [-0.39, 0.29) is 12.4 Å². The van der Waals surface area contributed by atoms with Gasteiger partial charge in [-0.2, -0.15) is 0 Å². The van der Waals surface area contributed by atoms with Crippen LogP contribution in [0.15, 0.2) is 18.2 Å². The summed E-state index contributed by atoms with van der Waals surface area (Å²) in [5, 5.41) is 9.34. The van der Waals surface area contributed by atoms with Gasteiger partial charge in [-0.3, -0.25) is 0 Å². The summed E-state index contributed by atoms with van der Waals surface area (Å²) in [5.41, 5.74) is 1.13. The third-order valence-corrected chi connectivity index (χ3v) is 1.72. The number of aliphatic hydroxyl groups excluding tert-OH is 1. The smallest absolute Gasteiger partial charge is 0.124 e. The molecule has 1 nitrogen and oxygen atoms in total. The van der Waals surface area contributed by atoms with Gasteiger partial charge in [-0.05, 0) is 23.8 Å². The molecule has 0 fully saturated rings. The van der Waals surface area contributed by atoms with Crippen molar-refractivity contribution in [1.29, 1.82) is 0 Å². The summed E-state index contributed by atoms with van der Waals surface area (Å²) in [6, 6.07) is 4.30. The van der Waals surface area contributed by atoms with Gasteiger partial charge in [0.2, 0.25) is 0 Å². The Morgan fingerprint density at radius 2 is 2.15 bits per heavy atom. The zero-order chi connectivity index (χ0) is 9.68. The van der Waals surface area contributed by atoms with E-state index in [1.807, 2.05) is 0 Å². The summed E-state index contributed by atoms with van der Waals surface area (Å²) < 4.78 is 12.9. The number of hydrogen-bond acceptors (Lipinski definition) is 1. The van der Waals surface area contributed by atoms with Crippen molar-refractivity contribution >= 4 is 15.9 Å². The van der Waals surface area contributed by atoms with Crippen molar-refractivity contribution in [2.24, 2.45) is 0 Å². The average molecular weight is 243 g/mol. The normalized spacial score (nSPS) is 9.15. The van der Waals surface area contributed by atoms with Gasteiger partial charge in [0.15, 0.2) is 0 Å². The maximum absolute atomic E-state index is 12.9. The molecular formula is C10H8BrFO. The van der Waals surface area contributed by atoms with Gasteiger partial charge >= 0.3 is 0 Å². The van der Waals surface area contributed by atoms with E-state index in [1.165, 1.54) is 12.1 Å². The van der Waals surface area contributed by atoms with Gasteiger partial charge in [-0.15, -0.1) is 0 Å². The predicted octanol–water partition coefficient (Wildman–Crippen LogP) is 2.06. The van der Waals surface area contributed by atoms with E-state index in [0.29, 0.717) is 16.5 Å². The summed E-state index contributed by atoms with van der Waals surface area (Å²) in [5.74, 6) is 5.15. The van der Waals surface area contributed by atoms with Crippen LogP contribution in [0.1, 0.15) is 11.1 Å². The minimum Gasteiger partial charge on any atom is -0.392 e. The third kappa shape index (κ3) is 3.17. The minimum atomic E-state index is -0.370. The monoisotopic (exact) mass is 242 g/mol. The maximum atomic E-state index is 12.9. The molecule has 1 rings (SSSR count). The molecule has 0 aliphatic rings. The number of halogens is 2. The molecule has 1 N–H and O–H groups in total. The second-order valence-electron chi connectivity index (χ2n) is 2.44. The lowest BCUT2D eigenvalue weighted by Gasteiger charge is -1.97. The first-order valence-electron chi connectivity index (χ1n) is 3.71. The Bertz CT molecular complexity index is 352. The van der Waals surface area contributed by atoms with Crippen molar-refractivity contribution in [3.8, 4) is 11.8 Å². The van der Waals surface area contributed by atoms with Crippen molar-refractivity contribution in [2.75, 3.05) is 5.33 Å². The van der Waals surface area contributed by atoms with Crippen molar-refractivity contribution in [3.63, 3.8) is 0 Å². The Morgan fingerprint density at radius 3 is 2.77 bits per heavy atom. The SMILES string of the molecule is OCc1cc(F)cc(C#CCBr)c1. The Kier molecular flexibility index (Phi) is 3.94. The van der Waals surface area contributed by atoms with Crippen LogP contribution in [0.5, 0.6) is 0 Å². The Hall–Kier alpha value is -0.850. The van der Waals surface area contributed by atoms with E-state index >= 15 is 0 Å². The van der Waals surface area contributed by atoms with Crippen molar-refractivity contribution in [2.45, 2.75) is 6.61 Å². The third-order valence-electron chi connectivity index (χ3n) is 1.44. The highest BCUT2D eigenvalue weighted by atomic mass is 79.9. The molecule has 0 spiro atoms. The average Bonchev–Trinajstić information content (AvgIpc) is 2.14. The van der Waals surface area contributed by atoms with E-state index < -0.39 is 0 Å². The van der Waals surface area contributed by atoms with Crippen molar-refractivity contribution in [3.05, 3.63) is 35.1 Å². The van der Waals surface area contributed by atoms with Gasteiger partial charge in [0.05, 0.1) is 11.9 Å². The van der Waals surface area contributed by atoms with Gasteiger partial charge in [0, 0.05) is 5.56 Å². The van der Waals surface area contributed by atoms with Crippen LogP contribution in [0.4, 0.5) is 4.39 Å². The summed E-state index contributed by atoms with van der Waals surface area (Å²) in [4.78, 5) is 0. The molecule has 0 aliphatic heterocycles. The fraction of sp³-hybridized carbons (Fsp3) is 0.200. The van der Waals surface area contributed by atoms with Gasteiger partial charge in [0.25, 0.3) is 0 Å². The molecule has 3 heteroatoms. The largest absolute Gasteiger partial charge is 0.392 e. The highest BCUT2D eigenvalue weighted by molar-refractivity contribution is 9.09. The number of alkyl halides is 1. The lowest BCUT2D eigenvalue weighted by atomic mass is 10.1. The lowest BCUT2D eigenvalue weighted by molar-refractivity contribution is 0.281. The molecule has 0 aromatic heterocycles. The fourth-order valence-corrected chi connectivity index (χ4v) is 1.09. The molecular weight excluding hydrogens is 235 g/mol. The van der Waals surface area contributed by atoms with Crippen molar-refractivity contribution < 1.29 is 9.50 Å². The summed E-state index contributed by atoms with van der Waals surface area (Å²) in [6.45, 7) is -0.166. The number of hydrogen-bond donors (Lipinski definition) is 1. The standard InChI is InChI=1S/C10H8BrFO/c11-3-1-2-8-4-9(7-13)6-10(12)5-8/h4-6,13H,3,7H2. The molecule has 0 saturated carbocycles. The molecule has 0 saturated heterocycles. The van der Waals surface area contributed by atoms with Crippen LogP contribution in [0, 0.1) is 17.7 Å². The second kappa shape index (κ2) is 5.00. The first kappa shape index (κ1) is 10.2. The number of rotatable bonds is 1. The molecule has 68 valence electrons. The predicted molar refractivity (Wildman–Crippen MR) is 53.0 cm³/mol. The van der Waals surface area contributed by atoms with Crippen molar-refractivity contribution in [1.82, 2.24) is 0 Å². The number of benzene rings is 1. The molecule has 0 heterocycles. The first-order chi connectivity index (χ1) is 6.26.